The van der Waals surface area contributed by atoms with Gasteiger partial charge in [-0.3, -0.25) is 0 Å². The number of hydrogen-bond donors (Lipinski definition) is 0. The van der Waals surface area contributed by atoms with E-state index in [1.165, 1.54) is 55.6 Å². The van der Waals surface area contributed by atoms with E-state index in [4.69, 9.17) is 0 Å². The Labute approximate surface area is 763 Å². The number of pyridine rings is 7. The van der Waals surface area contributed by atoms with Crippen molar-refractivity contribution in [2.45, 2.75) is 52.4 Å². The van der Waals surface area contributed by atoms with Crippen molar-refractivity contribution in [1.29, 1.82) is 0 Å². The number of nitrogens with zero attached hydrogens (tertiary/aromatic N) is 7. The Morgan fingerprint density at radius 1 is 0.175 bits per heavy atom. The zero-order valence-electron chi connectivity index (χ0n) is 67.4. The molecule has 0 aliphatic heterocycles. The van der Waals surface area contributed by atoms with Gasteiger partial charge in [0.1, 0.15) is 0 Å². The third-order valence-corrected chi connectivity index (χ3v) is 18.3. The van der Waals surface area contributed by atoms with E-state index in [2.05, 4.69) is 264 Å². The zero-order valence-corrected chi connectivity index (χ0v) is 77.0. The van der Waals surface area contributed by atoms with Gasteiger partial charge in [0.05, 0.1) is 0 Å². The van der Waals surface area contributed by atoms with Gasteiger partial charge in [0.2, 0.25) is 0 Å². The zero-order chi connectivity index (χ0) is 80.3. The summed E-state index contributed by atoms with van der Waals surface area (Å²) >= 11 is 0. The maximum atomic E-state index is 4.53. The molecule has 11 aromatic carbocycles. The quantitative estimate of drug-likeness (QED) is 0.119. The van der Waals surface area contributed by atoms with E-state index in [-0.39, 0.29) is 91.3 Å². The minimum Gasteiger partial charge on any atom is -0.305 e. The van der Waals surface area contributed by atoms with E-state index in [0.717, 1.165) is 78.8 Å². The van der Waals surface area contributed by atoms with Crippen LogP contribution in [0.1, 0.15) is 52.7 Å². The van der Waals surface area contributed by atoms with Gasteiger partial charge in [-0.2, -0.15) is 0 Å². The minimum absolute atomic E-state index is 0. The second-order valence-corrected chi connectivity index (χ2v) is 28.7. The SMILES string of the molecule is CC(C)(C)c1ccnc(-c2[c-]ccc(-c3ccccc3)c2)c1.CC(C)(C)c1ccnc(-c2[c-]ccc(-c3ccccc3)c2)c1.[Ir].[Ir].[Ir].[Ir].[c-]1cc(-c2ccccc2)ccc1-c1ccccn1.[c-]1ccc(-c2ccccc2)cc1-c1ccccn1.[c-]1ccccc1-c1ccccn1.[c-]1ccccc1-c1ccccn1.[c-]1ccccc1-c1ccccn1. The molecule has 7 nitrogen and oxygen atoms in total. The van der Waals surface area contributed by atoms with Crippen molar-refractivity contribution in [2.75, 3.05) is 0 Å². The second kappa shape index (κ2) is 49.5. The summed E-state index contributed by atoms with van der Waals surface area (Å²) in [4.78, 5) is 30.4. The number of aromatic nitrogens is 7. The van der Waals surface area contributed by atoms with Gasteiger partial charge in [-0.25, -0.2) is 0 Å². The Balaban J connectivity index is 0.000000175. The number of rotatable bonds is 11. The van der Waals surface area contributed by atoms with Crippen molar-refractivity contribution in [3.63, 3.8) is 0 Å². The first-order valence-electron chi connectivity index (χ1n) is 38.5. The van der Waals surface area contributed by atoms with Gasteiger partial charge < -0.3 is 34.9 Å². The van der Waals surface area contributed by atoms with E-state index < -0.39 is 0 Å². The minimum atomic E-state index is 0. The smallest absolute Gasteiger partial charge is 0.0163 e. The van der Waals surface area contributed by atoms with Crippen LogP contribution in [0, 0.1) is 42.5 Å². The maximum Gasteiger partial charge on any atom is 0.0163 e. The van der Waals surface area contributed by atoms with Crippen LogP contribution in [-0.4, -0.2) is 34.9 Å². The average Bonchev–Trinajstić information content (AvgIpc) is 0.816. The Morgan fingerprint density at radius 3 is 0.683 bits per heavy atom. The molecule has 0 unspecified atom stereocenters. The van der Waals surface area contributed by atoms with Gasteiger partial charge in [0, 0.05) is 124 Å². The molecule has 7 heterocycles. The summed E-state index contributed by atoms with van der Waals surface area (Å²) in [5.41, 5.74) is 26.4. The van der Waals surface area contributed by atoms with Gasteiger partial charge in [-0.15, -0.1) is 244 Å². The van der Waals surface area contributed by atoms with Crippen molar-refractivity contribution in [3.8, 4) is 123 Å². The van der Waals surface area contributed by atoms with E-state index in [9.17, 15) is 0 Å². The van der Waals surface area contributed by atoms with E-state index in [1.54, 1.807) is 31.0 Å². The Bertz CT molecular complexity index is 5310. The summed E-state index contributed by atoms with van der Waals surface area (Å²) in [6, 6.07) is 150. The molecular formula is C109H88Ir4N7-7. The maximum absolute atomic E-state index is 4.53. The van der Waals surface area contributed by atoms with Crippen molar-refractivity contribution in [1.82, 2.24) is 34.9 Å². The average molecular weight is 2260 g/mol. The van der Waals surface area contributed by atoms with Crippen LogP contribution >= 0.6 is 0 Å². The Kier molecular flexibility index (Phi) is 38.6. The molecule has 18 aromatic rings. The van der Waals surface area contributed by atoms with Crippen LogP contribution in [0.5, 0.6) is 0 Å². The van der Waals surface area contributed by atoms with E-state index >= 15 is 0 Å². The van der Waals surface area contributed by atoms with Crippen LogP contribution in [-0.2, 0) is 91.3 Å². The summed E-state index contributed by atoms with van der Waals surface area (Å²) in [5.74, 6) is 0. The Morgan fingerprint density at radius 2 is 0.425 bits per heavy atom. The summed E-state index contributed by atoms with van der Waals surface area (Å²) in [6.45, 7) is 13.3. The van der Waals surface area contributed by atoms with Crippen LogP contribution in [0.3, 0.4) is 0 Å². The standard InChI is InChI=1S/2C21H20N.2C17H12N.3C11H8N.4Ir/c2*1-21(2,3)19-12-13-22-20(15-19)18-11-7-10-17(14-18)16-8-5-4-6-9-16;1-2-7-14(8-3-1)15-9-6-10-16(13-15)17-11-4-5-12-18-17;1-2-6-14(7-3-1)15-9-11-16(12-10-15)17-8-4-5-13-18-17;3*1-2-6-10(7-3-1)11-8-4-5-9-12-11;;;;/h2*4-10,12-15H,1-3H3;1-9,11-13H;1-11,13H;3*1-6,8-9H;;;;/q7*-1;;;;. The molecule has 0 saturated heterocycles. The fraction of sp³-hybridized carbons (Fsp3) is 0.0734. The molecule has 0 N–H and O–H groups in total. The molecule has 7 aromatic heterocycles. The molecule has 0 aliphatic rings. The molecule has 0 saturated carbocycles. The monoisotopic (exact) mass is 2270 g/mol. The summed E-state index contributed by atoms with van der Waals surface area (Å²) in [6.07, 6.45) is 12.7. The van der Waals surface area contributed by atoms with E-state index in [0.29, 0.717) is 0 Å². The third kappa shape index (κ3) is 29.3. The van der Waals surface area contributed by atoms with Crippen molar-refractivity contribution >= 4 is 0 Å². The third-order valence-electron chi connectivity index (χ3n) is 18.3. The Hall–Kier alpha value is -11.9. The molecule has 0 aliphatic carbocycles. The van der Waals surface area contributed by atoms with Gasteiger partial charge in [-0.1, -0.05) is 247 Å². The first-order valence-corrected chi connectivity index (χ1v) is 38.5. The van der Waals surface area contributed by atoms with Crippen LogP contribution in [0.25, 0.3) is 123 Å². The molecule has 18 rings (SSSR count). The van der Waals surface area contributed by atoms with Crippen LogP contribution < -0.4 is 0 Å². The molecule has 120 heavy (non-hydrogen) atoms. The van der Waals surface area contributed by atoms with Gasteiger partial charge >= 0.3 is 0 Å². The largest absolute Gasteiger partial charge is 0.305 e. The van der Waals surface area contributed by atoms with Crippen LogP contribution in [0.2, 0.25) is 0 Å². The molecule has 0 fully saturated rings. The summed E-state index contributed by atoms with van der Waals surface area (Å²) in [5, 5.41) is 0. The molecule has 602 valence electrons. The van der Waals surface area contributed by atoms with Gasteiger partial charge in [0.15, 0.2) is 0 Å². The van der Waals surface area contributed by atoms with Gasteiger partial charge in [-0.05, 0) is 121 Å². The fourth-order valence-electron chi connectivity index (χ4n) is 12.0. The van der Waals surface area contributed by atoms with Crippen molar-refractivity contribution < 1.29 is 80.4 Å². The predicted molar refractivity (Wildman–Crippen MR) is 479 cm³/mol. The molecule has 0 amide bonds. The van der Waals surface area contributed by atoms with Gasteiger partial charge in [0.25, 0.3) is 0 Å². The first-order chi connectivity index (χ1) is 56.8. The second-order valence-electron chi connectivity index (χ2n) is 28.7. The van der Waals surface area contributed by atoms with E-state index in [1.807, 2.05) is 249 Å². The summed E-state index contributed by atoms with van der Waals surface area (Å²) < 4.78 is 0. The predicted octanol–water partition coefficient (Wildman–Crippen LogP) is 27.1. The van der Waals surface area contributed by atoms with Crippen molar-refractivity contribution in [2.24, 2.45) is 0 Å². The molecule has 0 atom stereocenters. The van der Waals surface area contributed by atoms with Crippen LogP contribution in [0.4, 0.5) is 0 Å². The summed E-state index contributed by atoms with van der Waals surface area (Å²) in [7, 11) is 0. The van der Waals surface area contributed by atoms with Crippen molar-refractivity contribution in [3.05, 3.63) is 479 Å². The molecular weight excluding hydrogens is 2180 g/mol. The number of hydrogen-bond acceptors (Lipinski definition) is 7. The molecule has 4 radical (unpaired) electrons. The topological polar surface area (TPSA) is 90.2 Å². The fourth-order valence-corrected chi connectivity index (χ4v) is 12.0. The molecule has 11 heteroatoms. The first kappa shape index (κ1) is 93.6. The normalized spacial score (nSPS) is 10.2. The molecule has 0 bridgehead atoms. The molecule has 0 spiro atoms. The van der Waals surface area contributed by atoms with Crippen LogP contribution in [0.15, 0.2) is 426 Å². The number of benzene rings is 11.